The van der Waals surface area contributed by atoms with Crippen molar-refractivity contribution in [2.75, 3.05) is 6.61 Å². The van der Waals surface area contributed by atoms with Gasteiger partial charge in [-0.25, -0.2) is 0 Å². The van der Waals surface area contributed by atoms with E-state index < -0.39 is 5.60 Å². The van der Waals surface area contributed by atoms with Crippen molar-refractivity contribution in [3.63, 3.8) is 0 Å². The average Bonchev–Trinajstić information content (AvgIpc) is 2.34. The standard InChI is InChI=1S/C16H25NO2/c1-6-11-19-14-9-7-13(8-10-14)12-17-15(2,3)16(4,5)18/h6-10,17-18H,1,11-12H2,2-5H3. The van der Waals surface area contributed by atoms with Crippen LogP contribution in [0.1, 0.15) is 33.3 Å². The molecule has 0 aliphatic heterocycles. The van der Waals surface area contributed by atoms with Crippen molar-refractivity contribution in [3.05, 3.63) is 42.5 Å². The maximum atomic E-state index is 10.1. The zero-order valence-corrected chi connectivity index (χ0v) is 12.4. The fourth-order valence-electron chi connectivity index (χ4n) is 1.40. The summed E-state index contributed by atoms with van der Waals surface area (Å²) in [6.07, 6.45) is 1.72. The number of ether oxygens (including phenoxy) is 1. The molecule has 0 amide bonds. The highest BCUT2D eigenvalue weighted by Crippen LogP contribution is 2.21. The van der Waals surface area contributed by atoms with Gasteiger partial charge in [-0.05, 0) is 45.4 Å². The van der Waals surface area contributed by atoms with E-state index in [1.165, 1.54) is 0 Å². The molecule has 1 aromatic rings. The number of benzene rings is 1. The van der Waals surface area contributed by atoms with Gasteiger partial charge >= 0.3 is 0 Å². The van der Waals surface area contributed by atoms with Gasteiger partial charge in [-0.2, -0.15) is 0 Å². The van der Waals surface area contributed by atoms with Crippen molar-refractivity contribution in [1.29, 1.82) is 0 Å². The van der Waals surface area contributed by atoms with E-state index in [0.717, 1.165) is 11.3 Å². The smallest absolute Gasteiger partial charge is 0.119 e. The molecule has 19 heavy (non-hydrogen) atoms. The molecule has 0 atom stereocenters. The van der Waals surface area contributed by atoms with Gasteiger partial charge in [0, 0.05) is 12.1 Å². The van der Waals surface area contributed by atoms with E-state index >= 15 is 0 Å². The van der Waals surface area contributed by atoms with Crippen LogP contribution in [0.5, 0.6) is 5.75 Å². The maximum absolute atomic E-state index is 10.1. The Hall–Kier alpha value is -1.32. The molecule has 0 bridgehead atoms. The van der Waals surface area contributed by atoms with Crippen LogP contribution in [0.3, 0.4) is 0 Å². The average molecular weight is 263 g/mol. The second kappa shape index (κ2) is 6.22. The van der Waals surface area contributed by atoms with Gasteiger partial charge in [0.15, 0.2) is 0 Å². The Morgan fingerprint density at radius 2 is 1.79 bits per heavy atom. The quantitative estimate of drug-likeness (QED) is 0.743. The minimum atomic E-state index is -0.778. The van der Waals surface area contributed by atoms with E-state index in [2.05, 4.69) is 11.9 Å². The van der Waals surface area contributed by atoms with Crippen molar-refractivity contribution in [3.8, 4) is 5.75 Å². The third kappa shape index (κ3) is 4.69. The SMILES string of the molecule is C=CCOc1ccc(CNC(C)(C)C(C)(C)O)cc1. The summed E-state index contributed by atoms with van der Waals surface area (Å²) in [7, 11) is 0. The zero-order chi connectivity index (χ0) is 14.5. The zero-order valence-electron chi connectivity index (χ0n) is 12.4. The molecule has 106 valence electrons. The molecule has 1 rings (SSSR count). The summed E-state index contributed by atoms with van der Waals surface area (Å²) in [5.74, 6) is 0.838. The molecule has 0 aromatic heterocycles. The third-order valence-corrected chi connectivity index (χ3v) is 3.56. The summed E-state index contributed by atoms with van der Waals surface area (Å²) in [6.45, 7) is 12.5. The molecule has 3 nitrogen and oxygen atoms in total. The Bertz CT molecular complexity index is 402. The molecule has 0 aliphatic carbocycles. The Morgan fingerprint density at radius 1 is 1.21 bits per heavy atom. The van der Waals surface area contributed by atoms with Gasteiger partial charge < -0.3 is 15.2 Å². The molecule has 1 aromatic carbocycles. The monoisotopic (exact) mass is 263 g/mol. The summed E-state index contributed by atoms with van der Waals surface area (Å²) in [6, 6.07) is 7.92. The normalized spacial score (nSPS) is 12.3. The minimum absolute atomic E-state index is 0.356. The number of aliphatic hydroxyl groups is 1. The lowest BCUT2D eigenvalue weighted by molar-refractivity contribution is -0.00532. The lowest BCUT2D eigenvalue weighted by Gasteiger charge is -2.38. The summed E-state index contributed by atoms with van der Waals surface area (Å²) in [4.78, 5) is 0. The van der Waals surface area contributed by atoms with Crippen molar-refractivity contribution in [2.45, 2.75) is 45.4 Å². The summed E-state index contributed by atoms with van der Waals surface area (Å²) in [5.41, 5.74) is 0.0219. The molecule has 0 fully saturated rings. The molecular weight excluding hydrogens is 238 g/mol. The molecule has 0 saturated heterocycles. The molecule has 2 N–H and O–H groups in total. The van der Waals surface area contributed by atoms with Crippen LogP contribution >= 0.6 is 0 Å². The number of nitrogens with one attached hydrogen (secondary N) is 1. The van der Waals surface area contributed by atoms with Crippen molar-refractivity contribution in [1.82, 2.24) is 5.32 Å². The molecule has 0 radical (unpaired) electrons. The summed E-state index contributed by atoms with van der Waals surface area (Å²) in [5, 5.41) is 13.4. The Balaban J connectivity index is 2.57. The van der Waals surface area contributed by atoms with Crippen LogP contribution in [0, 0.1) is 0 Å². The molecule has 0 saturated carbocycles. The lowest BCUT2D eigenvalue weighted by Crippen LogP contribution is -2.55. The van der Waals surface area contributed by atoms with E-state index in [4.69, 9.17) is 4.74 Å². The van der Waals surface area contributed by atoms with Crippen LogP contribution < -0.4 is 10.1 Å². The first-order valence-corrected chi connectivity index (χ1v) is 6.56. The predicted molar refractivity (Wildman–Crippen MR) is 79.4 cm³/mol. The fourth-order valence-corrected chi connectivity index (χ4v) is 1.40. The van der Waals surface area contributed by atoms with Crippen LogP contribution in [-0.2, 0) is 6.54 Å². The third-order valence-electron chi connectivity index (χ3n) is 3.56. The topological polar surface area (TPSA) is 41.5 Å². The van der Waals surface area contributed by atoms with E-state index in [1.807, 2.05) is 52.0 Å². The minimum Gasteiger partial charge on any atom is -0.490 e. The highest BCUT2D eigenvalue weighted by Gasteiger charge is 2.34. The van der Waals surface area contributed by atoms with E-state index in [1.54, 1.807) is 6.08 Å². The van der Waals surface area contributed by atoms with Crippen molar-refractivity contribution in [2.24, 2.45) is 0 Å². The number of rotatable bonds is 7. The summed E-state index contributed by atoms with van der Waals surface area (Å²) >= 11 is 0. The molecular formula is C16H25NO2. The predicted octanol–water partition coefficient (Wildman–Crippen LogP) is 2.89. The molecule has 3 heteroatoms. The molecule has 0 heterocycles. The number of hydrogen-bond donors (Lipinski definition) is 2. The van der Waals surface area contributed by atoms with Gasteiger partial charge in [0.2, 0.25) is 0 Å². The van der Waals surface area contributed by atoms with Crippen molar-refractivity contribution >= 4 is 0 Å². The lowest BCUT2D eigenvalue weighted by atomic mass is 9.86. The van der Waals surface area contributed by atoms with E-state index in [0.29, 0.717) is 13.2 Å². The van der Waals surface area contributed by atoms with Gasteiger partial charge in [0.1, 0.15) is 12.4 Å². The first-order chi connectivity index (χ1) is 8.76. The first-order valence-electron chi connectivity index (χ1n) is 6.56. The van der Waals surface area contributed by atoms with E-state index in [9.17, 15) is 5.11 Å². The highest BCUT2D eigenvalue weighted by molar-refractivity contribution is 5.27. The molecule has 0 aliphatic rings. The van der Waals surface area contributed by atoms with Gasteiger partial charge in [-0.1, -0.05) is 24.8 Å². The van der Waals surface area contributed by atoms with Crippen LogP contribution in [-0.4, -0.2) is 22.9 Å². The van der Waals surface area contributed by atoms with Gasteiger partial charge in [0.25, 0.3) is 0 Å². The van der Waals surface area contributed by atoms with Crippen LogP contribution in [0.15, 0.2) is 36.9 Å². The van der Waals surface area contributed by atoms with Crippen LogP contribution in [0.25, 0.3) is 0 Å². The second-order valence-electron chi connectivity index (χ2n) is 5.78. The van der Waals surface area contributed by atoms with E-state index in [-0.39, 0.29) is 5.54 Å². The summed E-state index contributed by atoms with van der Waals surface area (Å²) < 4.78 is 5.43. The van der Waals surface area contributed by atoms with Gasteiger partial charge in [-0.3, -0.25) is 0 Å². The van der Waals surface area contributed by atoms with Crippen LogP contribution in [0.2, 0.25) is 0 Å². The molecule has 0 unspecified atom stereocenters. The Labute approximate surface area is 116 Å². The first kappa shape index (κ1) is 15.7. The van der Waals surface area contributed by atoms with Gasteiger partial charge in [-0.15, -0.1) is 0 Å². The number of hydrogen-bond acceptors (Lipinski definition) is 3. The Morgan fingerprint density at radius 3 is 2.26 bits per heavy atom. The van der Waals surface area contributed by atoms with Gasteiger partial charge in [0.05, 0.1) is 5.60 Å². The second-order valence-corrected chi connectivity index (χ2v) is 5.78. The van der Waals surface area contributed by atoms with Crippen LogP contribution in [0.4, 0.5) is 0 Å². The highest BCUT2D eigenvalue weighted by atomic mass is 16.5. The van der Waals surface area contributed by atoms with Crippen molar-refractivity contribution < 1.29 is 9.84 Å². The largest absolute Gasteiger partial charge is 0.490 e. The Kier molecular flexibility index (Phi) is 5.15. The fraction of sp³-hybridized carbons (Fsp3) is 0.500. The maximum Gasteiger partial charge on any atom is 0.119 e. The molecule has 0 spiro atoms.